The molecule has 0 aromatic heterocycles. The Labute approximate surface area is 112 Å². The molecule has 19 heavy (non-hydrogen) atoms. The Morgan fingerprint density at radius 1 is 1.37 bits per heavy atom. The minimum atomic E-state index is -3.43. The molecule has 1 rings (SSSR count). The van der Waals surface area contributed by atoms with Gasteiger partial charge in [0, 0.05) is 18.5 Å². The largest absolute Gasteiger partial charge is 0.399 e. The first-order valence-electron chi connectivity index (χ1n) is 5.72. The van der Waals surface area contributed by atoms with Crippen LogP contribution in [-0.2, 0) is 14.6 Å². The molecular formula is C12H18N2O4S. The molecule has 0 heterocycles. The van der Waals surface area contributed by atoms with Crippen LogP contribution >= 0.6 is 0 Å². The molecule has 1 amide bonds. The third-order valence-corrected chi connectivity index (χ3v) is 4.30. The van der Waals surface area contributed by atoms with E-state index >= 15 is 0 Å². The fourth-order valence-corrected chi connectivity index (χ4v) is 1.84. The highest BCUT2D eigenvalue weighted by Gasteiger charge is 2.23. The third-order valence-electron chi connectivity index (χ3n) is 2.80. The van der Waals surface area contributed by atoms with E-state index in [1.54, 1.807) is 24.3 Å². The number of aliphatic hydroxyl groups excluding tert-OH is 1. The molecule has 0 aliphatic rings. The van der Waals surface area contributed by atoms with Crippen LogP contribution in [0.25, 0.3) is 0 Å². The van der Waals surface area contributed by atoms with Gasteiger partial charge in [-0.05, 0) is 24.6 Å². The molecule has 0 spiro atoms. The number of benzene rings is 1. The van der Waals surface area contributed by atoms with Crippen LogP contribution in [0.3, 0.4) is 0 Å². The van der Waals surface area contributed by atoms with Crippen LogP contribution in [0.5, 0.6) is 0 Å². The first-order valence-corrected chi connectivity index (χ1v) is 7.67. The number of hydrogen-bond acceptors (Lipinski definition) is 5. The van der Waals surface area contributed by atoms with Crippen molar-refractivity contribution >= 4 is 21.4 Å². The molecule has 7 heteroatoms. The molecule has 1 aromatic rings. The summed E-state index contributed by atoms with van der Waals surface area (Å²) < 4.78 is 22.4. The van der Waals surface area contributed by atoms with Crippen LogP contribution in [0, 0.1) is 0 Å². The summed E-state index contributed by atoms with van der Waals surface area (Å²) in [4.78, 5) is 11.6. The predicted molar refractivity (Wildman–Crippen MR) is 73.1 cm³/mol. The van der Waals surface area contributed by atoms with Gasteiger partial charge in [0.05, 0.1) is 6.10 Å². The van der Waals surface area contributed by atoms with Crippen molar-refractivity contribution in [1.82, 2.24) is 5.32 Å². The lowest BCUT2D eigenvalue weighted by molar-refractivity contribution is -0.120. The number of anilines is 1. The summed E-state index contributed by atoms with van der Waals surface area (Å²) in [5.74, 6) is -0.628. The van der Waals surface area contributed by atoms with Gasteiger partial charge in [-0.3, -0.25) is 4.79 Å². The average molecular weight is 286 g/mol. The van der Waals surface area contributed by atoms with Crippen LogP contribution in [-0.4, -0.2) is 37.5 Å². The van der Waals surface area contributed by atoms with Gasteiger partial charge in [-0.15, -0.1) is 0 Å². The summed E-state index contributed by atoms with van der Waals surface area (Å²) in [5, 5.41) is 11.1. The van der Waals surface area contributed by atoms with E-state index < -0.39 is 27.1 Å². The van der Waals surface area contributed by atoms with Gasteiger partial charge in [0.1, 0.15) is 5.25 Å². The van der Waals surface area contributed by atoms with E-state index in [9.17, 15) is 18.3 Å². The first-order chi connectivity index (χ1) is 8.71. The highest BCUT2D eigenvalue weighted by Crippen LogP contribution is 2.14. The topological polar surface area (TPSA) is 109 Å². The number of nitrogen functional groups attached to an aromatic ring is 1. The molecule has 0 bridgehead atoms. The van der Waals surface area contributed by atoms with E-state index in [0.717, 1.165) is 6.26 Å². The second-order valence-corrected chi connectivity index (χ2v) is 6.77. The average Bonchev–Trinajstić information content (AvgIpc) is 2.34. The van der Waals surface area contributed by atoms with E-state index in [1.807, 2.05) is 0 Å². The predicted octanol–water partition coefficient (Wildman–Crippen LogP) is -0.149. The number of amides is 1. The Kier molecular flexibility index (Phi) is 4.90. The third kappa shape index (κ3) is 4.53. The Bertz CT molecular complexity index is 539. The molecule has 1 aromatic carbocycles. The van der Waals surface area contributed by atoms with Crippen molar-refractivity contribution in [2.75, 3.05) is 18.5 Å². The SMILES string of the molecule is CC(C(=O)NCC(O)c1ccc(N)cc1)S(C)(=O)=O. The van der Waals surface area contributed by atoms with Gasteiger partial charge in [-0.25, -0.2) is 8.42 Å². The second kappa shape index (κ2) is 6.03. The number of nitrogens with one attached hydrogen (secondary N) is 1. The molecule has 0 radical (unpaired) electrons. The Morgan fingerprint density at radius 3 is 2.37 bits per heavy atom. The fraction of sp³-hybridized carbons (Fsp3) is 0.417. The van der Waals surface area contributed by atoms with Crippen molar-refractivity contribution in [2.45, 2.75) is 18.3 Å². The number of sulfone groups is 1. The minimum absolute atomic E-state index is 0.0530. The molecule has 0 aliphatic heterocycles. The molecule has 4 N–H and O–H groups in total. The van der Waals surface area contributed by atoms with Crippen molar-refractivity contribution in [3.05, 3.63) is 29.8 Å². The number of carbonyl (C=O) groups is 1. The molecule has 2 unspecified atom stereocenters. The van der Waals surface area contributed by atoms with Gasteiger partial charge in [-0.2, -0.15) is 0 Å². The quantitative estimate of drug-likeness (QED) is 0.652. The molecule has 106 valence electrons. The molecular weight excluding hydrogens is 268 g/mol. The van der Waals surface area contributed by atoms with Gasteiger partial charge in [0.15, 0.2) is 9.84 Å². The number of nitrogens with two attached hydrogens (primary N) is 1. The van der Waals surface area contributed by atoms with Gasteiger partial charge in [0.25, 0.3) is 0 Å². The number of carbonyl (C=O) groups excluding carboxylic acids is 1. The van der Waals surface area contributed by atoms with Crippen LogP contribution in [0.4, 0.5) is 5.69 Å². The zero-order chi connectivity index (χ0) is 14.6. The summed E-state index contributed by atoms with van der Waals surface area (Å²) in [6.45, 7) is 1.25. The molecule has 2 atom stereocenters. The van der Waals surface area contributed by atoms with Crippen molar-refractivity contribution in [1.29, 1.82) is 0 Å². The smallest absolute Gasteiger partial charge is 0.238 e. The van der Waals surface area contributed by atoms with E-state index in [-0.39, 0.29) is 6.54 Å². The standard InChI is InChI=1S/C12H18N2O4S/c1-8(19(2,17)18)12(16)14-7-11(15)9-3-5-10(13)6-4-9/h3-6,8,11,15H,7,13H2,1-2H3,(H,14,16). The monoisotopic (exact) mass is 286 g/mol. The lowest BCUT2D eigenvalue weighted by Crippen LogP contribution is -2.39. The molecule has 6 nitrogen and oxygen atoms in total. The lowest BCUT2D eigenvalue weighted by Gasteiger charge is -2.14. The Hall–Kier alpha value is -1.60. The van der Waals surface area contributed by atoms with Crippen LogP contribution < -0.4 is 11.1 Å². The van der Waals surface area contributed by atoms with E-state index in [0.29, 0.717) is 11.3 Å². The summed E-state index contributed by atoms with van der Waals surface area (Å²) >= 11 is 0. The van der Waals surface area contributed by atoms with Crippen LogP contribution in [0.1, 0.15) is 18.6 Å². The number of aliphatic hydroxyl groups is 1. The normalized spacial score (nSPS) is 14.7. The van der Waals surface area contributed by atoms with Gasteiger partial charge < -0.3 is 16.2 Å². The van der Waals surface area contributed by atoms with Crippen LogP contribution in [0.15, 0.2) is 24.3 Å². The van der Waals surface area contributed by atoms with E-state index in [4.69, 9.17) is 5.73 Å². The Balaban J connectivity index is 2.57. The molecule has 0 fully saturated rings. The Morgan fingerprint density at radius 2 is 1.89 bits per heavy atom. The summed E-state index contributed by atoms with van der Waals surface area (Å²) in [6, 6.07) is 6.57. The van der Waals surface area contributed by atoms with Crippen molar-refractivity contribution < 1.29 is 18.3 Å². The maximum Gasteiger partial charge on any atom is 0.238 e. The van der Waals surface area contributed by atoms with Crippen molar-refractivity contribution in [2.24, 2.45) is 0 Å². The van der Waals surface area contributed by atoms with Crippen molar-refractivity contribution in [3.8, 4) is 0 Å². The summed E-state index contributed by atoms with van der Waals surface area (Å²) in [7, 11) is -3.43. The van der Waals surface area contributed by atoms with Gasteiger partial charge in [-0.1, -0.05) is 12.1 Å². The highest BCUT2D eigenvalue weighted by molar-refractivity contribution is 7.92. The number of rotatable bonds is 5. The maximum atomic E-state index is 11.6. The summed E-state index contributed by atoms with van der Waals surface area (Å²) in [5.41, 5.74) is 6.69. The van der Waals surface area contributed by atoms with Crippen molar-refractivity contribution in [3.63, 3.8) is 0 Å². The zero-order valence-electron chi connectivity index (χ0n) is 10.8. The van der Waals surface area contributed by atoms with Gasteiger partial charge in [0.2, 0.25) is 5.91 Å². The van der Waals surface area contributed by atoms with E-state index in [1.165, 1.54) is 6.92 Å². The first kappa shape index (κ1) is 15.5. The maximum absolute atomic E-state index is 11.6. The number of hydrogen-bond donors (Lipinski definition) is 3. The molecule has 0 aliphatic carbocycles. The summed E-state index contributed by atoms with van der Waals surface area (Å²) in [6.07, 6.45) is 0.0875. The highest BCUT2D eigenvalue weighted by atomic mass is 32.2. The zero-order valence-corrected chi connectivity index (χ0v) is 11.6. The minimum Gasteiger partial charge on any atom is -0.399 e. The molecule has 0 saturated heterocycles. The second-order valence-electron chi connectivity index (χ2n) is 4.40. The van der Waals surface area contributed by atoms with Crippen LogP contribution in [0.2, 0.25) is 0 Å². The fourth-order valence-electron chi connectivity index (χ4n) is 1.37. The molecule has 0 saturated carbocycles. The lowest BCUT2D eigenvalue weighted by atomic mass is 10.1. The van der Waals surface area contributed by atoms with E-state index in [2.05, 4.69) is 5.32 Å². The van der Waals surface area contributed by atoms with Gasteiger partial charge >= 0.3 is 0 Å².